The number of hydrogen-bond acceptors (Lipinski definition) is 6. The second-order valence-corrected chi connectivity index (χ2v) is 11.0. The number of rotatable bonds is 7. The summed E-state index contributed by atoms with van der Waals surface area (Å²) < 4.78 is 43.3. The zero-order valence-corrected chi connectivity index (χ0v) is 20.5. The Hall–Kier alpha value is -3.44. The van der Waals surface area contributed by atoms with Gasteiger partial charge in [-0.15, -0.1) is 11.3 Å². The first-order valence-corrected chi connectivity index (χ1v) is 13.5. The highest BCUT2D eigenvalue weighted by Gasteiger charge is 2.27. The SMILES string of the molecule is C[C@H](C(=O)N[C@H]1CCN(c2ccc(S(=O)(=O)Nc3nccs3)cc2)C1)n1ccc2c(F)cccc21.[HH].[HH].[HH]. The number of thiazole rings is 1. The fraction of sp³-hybridized carbons (Fsp3) is 0.250. The molecule has 1 aliphatic heterocycles. The lowest BCUT2D eigenvalue weighted by molar-refractivity contribution is -0.124. The van der Waals surface area contributed by atoms with Gasteiger partial charge in [0.05, 0.1) is 10.4 Å². The molecular formula is C24H30FN5O3S2. The number of amides is 1. The van der Waals surface area contributed by atoms with E-state index in [0.29, 0.717) is 22.6 Å². The third-order valence-corrected chi connectivity index (χ3v) is 8.38. The van der Waals surface area contributed by atoms with E-state index in [9.17, 15) is 17.6 Å². The Balaban J connectivity index is 0.00000169. The predicted molar refractivity (Wildman–Crippen MR) is 141 cm³/mol. The number of carbonyl (C=O) groups excluding carboxylic acids is 1. The molecule has 2 atom stereocenters. The van der Waals surface area contributed by atoms with Gasteiger partial charge in [0.1, 0.15) is 11.9 Å². The largest absolute Gasteiger partial charge is 0.369 e. The zero-order valence-electron chi connectivity index (χ0n) is 18.9. The minimum absolute atomic E-state index is 0. The molecule has 3 heterocycles. The number of carbonyl (C=O) groups is 1. The lowest BCUT2D eigenvalue weighted by Gasteiger charge is -2.21. The van der Waals surface area contributed by atoms with Crippen LogP contribution in [0.25, 0.3) is 10.9 Å². The van der Waals surface area contributed by atoms with E-state index >= 15 is 0 Å². The van der Waals surface area contributed by atoms with E-state index in [0.717, 1.165) is 18.7 Å². The highest BCUT2D eigenvalue weighted by Crippen LogP contribution is 2.26. The van der Waals surface area contributed by atoms with Crippen molar-refractivity contribution in [2.24, 2.45) is 0 Å². The molecule has 2 aromatic heterocycles. The second-order valence-electron chi connectivity index (χ2n) is 8.45. The smallest absolute Gasteiger partial charge is 0.263 e. The highest BCUT2D eigenvalue weighted by atomic mass is 32.2. The molecule has 1 aliphatic rings. The number of anilines is 2. The van der Waals surface area contributed by atoms with Gasteiger partial charge in [0.2, 0.25) is 5.91 Å². The van der Waals surface area contributed by atoms with Gasteiger partial charge in [-0.05, 0) is 55.8 Å². The Bertz CT molecular complexity index is 1470. The molecule has 188 valence electrons. The van der Waals surface area contributed by atoms with Gasteiger partial charge < -0.3 is 14.8 Å². The third-order valence-electron chi connectivity index (χ3n) is 6.21. The lowest BCUT2D eigenvalue weighted by Crippen LogP contribution is -2.40. The molecule has 0 radical (unpaired) electrons. The summed E-state index contributed by atoms with van der Waals surface area (Å²) in [5, 5.41) is 5.61. The summed E-state index contributed by atoms with van der Waals surface area (Å²) in [6.07, 6.45) is 4.04. The van der Waals surface area contributed by atoms with Crippen LogP contribution >= 0.6 is 11.3 Å². The van der Waals surface area contributed by atoms with Crippen LogP contribution in [0.3, 0.4) is 0 Å². The predicted octanol–water partition coefficient (Wildman–Crippen LogP) is 4.73. The first-order valence-electron chi connectivity index (χ1n) is 11.1. The van der Waals surface area contributed by atoms with Crippen molar-refractivity contribution in [2.75, 3.05) is 22.7 Å². The van der Waals surface area contributed by atoms with Crippen molar-refractivity contribution in [3.63, 3.8) is 0 Å². The fourth-order valence-electron chi connectivity index (χ4n) is 4.33. The van der Waals surface area contributed by atoms with Gasteiger partial charge in [0.15, 0.2) is 5.13 Å². The highest BCUT2D eigenvalue weighted by molar-refractivity contribution is 7.93. The van der Waals surface area contributed by atoms with Gasteiger partial charge in [-0.2, -0.15) is 0 Å². The molecule has 8 nitrogen and oxygen atoms in total. The molecule has 0 unspecified atom stereocenters. The Morgan fingerprint density at radius 2 is 2.03 bits per heavy atom. The van der Waals surface area contributed by atoms with E-state index in [1.165, 1.54) is 23.6 Å². The van der Waals surface area contributed by atoms with Gasteiger partial charge in [-0.1, -0.05) is 6.07 Å². The molecule has 0 bridgehead atoms. The summed E-state index contributed by atoms with van der Waals surface area (Å²) in [6, 6.07) is 12.7. The number of sulfonamides is 1. The van der Waals surface area contributed by atoms with Gasteiger partial charge in [0.25, 0.3) is 10.0 Å². The standard InChI is InChI=1S/C24H24FN5O3S2.3H2/c1-16(30-13-10-20-21(25)3-2-4-22(20)30)23(31)27-17-9-12-29(15-17)18-5-7-19(8-6-18)35(32,33)28-24-26-11-14-34-24;;;/h2-8,10-11,13-14,16-17H,9,12,15H2,1H3,(H,26,28)(H,27,31);3*1H/t16-,17+;;;/m1.../s1. The van der Waals surface area contributed by atoms with Crippen LogP contribution in [-0.4, -0.2) is 43.0 Å². The van der Waals surface area contributed by atoms with Crippen molar-refractivity contribution < 1.29 is 21.9 Å². The number of aromatic nitrogens is 2. The van der Waals surface area contributed by atoms with Gasteiger partial charge in [-0.25, -0.2) is 17.8 Å². The Morgan fingerprint density at radius 1 is 1.23 bits per heavy atom. The van der Waals surface area contributed by atoms with Crippen molar-refractivity contribution in [1.29, 1.82) is 0 Å². The monoisotopic (exact) mass is 519 g/mol. The van der Waals surface area contributed by atoms with Crippen molar-refractivity contribution in [3.8, 4) is 0 Å². The number of hydrogen-bond donors (Lipinski definition) is 2. The van der Waals surface area contributed by atoms with E-state index < -0.39 is 16.1 Å². The average molecular weight is 520 g/mol. The molecule has 0 saturated carbocycles. The van der Waals surface area contributed by atoms with E-state index in [-0.39, 0.29) is 26.9 Å². The number of nitrogens with one attached hydrogen (secondary N) is 2. The average Bonchev–Trinajstić information content (AvgIpc) is 3.60. The molecular weight excluding hydrogens is 489 g/mol. The third kappa shape index (κ3) is 4.73. The van der Waals surface area contributed by atoms with Crippen molar-refractivity contribution in [1.82, 2.24) is 14.9 Å². The molecule has 11 heteroatoms. The van der Waals surface area contributed by atoms with Crippen LogP contribution in [0.4, 0.5) is 15.2 Å². The number of nitrogens with zero attached hydrogens (tertiary/aromatic N) is 3. The van der Waals surface area contributed by atoms with Gasteiger partial charge >= 0.3 is 0 Å². The van der Waals surface area contributed by atoms with Crippen LogP contribution in [0.1, 0.15) is 23.7 Å². The van der Waals surface area contributed by atoms with Crippen LogP contribution in [0.2, 0.25) is 0 Å². The van der Waals surface area contributed by atoms with E-state index in [4.69, 9.17) is 0 Å². The van der Waals surface area contributed by atoms with Crippen molar-refractivity contribution >= 4 is 49.0 Å². The summed E-state index contributed by atoms with van der Waals surface area (Å²) in [6.45, 7) is 3.15. The van der Waals surface area contributed by atoms with Gasteiger partial charge in [0, 0.05) is 52.3 Å². The Kier molecular flexibility index (Phi) is 6.20. The van der Waals surface area contributed by atoms with Crippen LogP contribution < -0.4 is 14.9 Å². The lowest BCUT2D eigenvalue weighted by atomic mass is 10.2. The second kappa shape index (κ2) is 9.31. The Labute approximate surface area is 210 Å². The quantitative estimate of drug-likeness (QED) is 0.368. The summed E-state index contributed by atoms with van der Waals surface area (Å²) in [5.74, 6) is -0.439. The van der Waals surface area contributed by atoms with Crippen molar-refractivity contribution in [2.45, 2.75) is 30.3 Å². The molecule has 1 fully saturated rings. The maximum atomic E-state index is 14.0. The molecule has 0 aliphatic carbocycles. The van der Waals surface area contributed by atoms with Crippen molar-refractivity contribution in [3.05, 3.63) is 72.1 Å². The molecule has 2 N–H and O–H groups in total. The molecule has 2 aromatic carbocycles. The molecule has 0 spiro atoms. The summed E-state index contributed by atoms with van der Waals surface area (Å²) >= 11 is 1.21. The molecule has 1 saturated heterocycles. The normalized spacial score (nSPS) is 17.0. The van der Waals surface area contributed by atoms with E-state index in [1.807, 2.05) is 0 Å². The minimum Gasteiger partial charge on any atom is -0.369 e. The fourth-order valence-corrected chi connectivity index (χ4v) is 6.12. The molecule has 35 heavy (non-hydrogen) atoms. The van der Waals surface area contributed by atoms with E-state index in [2.05, 4.69) is 19.9 Å². The summed E-state index contributed by atoms with van der Waals surface area (Å²) in [5.41, 5.74) is 1.56. The molecule has 1 amide bonds. The van der Waals surface area contributed by atoms with Crippen LogP contribution in [-0.2, 0) is 14.8 Å². The maximum Gasteiger partial charge on any atom is 0.263 e. The van der Waals surface area contributed by atoms with Gasteiger partial charge in [-0.3, -0.25) is 9.52 Å². The number of benzene rings is 2. The van der Waals surface area contributed by atoms with E-state index in [1.54, 1.807) is 65.5 Å². The Morgan fingerprint density at radius 3 is 2.77 bits per heavy atom. The number of halogens is 1. The first kappa shape index (κ1) is 23.3. The van der Waals surface area contributed by atoms with Crippen LogP contribution in [0.15, 0.2) is 71.2 Å². The summed E-state index contributed by atoms with van der Waals surface area (Å²) in [7, 11) is -3.70. The van der Waals surface area contributed by atoms with Crippen LogP contribution in [0.5, 0.6) is 0 Å². The first-order chi connectivity index (χ1) is 16.8. The summed E-state index contributed by atoms with van der Waals surface area (Å²) in [4.78, 5) is 19.2. The number of fused-ring (bicyclic) bond motifs is 1. The zero-order chi connectivity index (χ0) is 24.6. The molecule has 5 rings (SSSR count). The molecule has 4 aromatic rings. The minimum atomic E-state index is -3.70. The maximum absolute atomic E-state index is 14.0. The topological polar surface area (TPSA) is 96.3 Å². The van der Waals surface area contributed by atoms with Crippen LogP contribution in [0, 0.1) is 5.82 Å².